The highest BCUT2D eigenvalue weighted by Gasteiger charge is 2.13. The van der Waals surface area contributed by atoms with E-state index in [1.54, 1.807) is 13.8 Å². The van der Waals surface area contributed by atoms with Gasteiger partial charge in [0.1, 0.15) is 0 Å². The van der Waals surface area contributed by atoms with Gasteiger partial charge in [0.25, 0.3) is 0 Å². The molecule has 54 valence electrons. The van der Waals surface area contributed by atoms with E-state index in [1.807, 2.05) is 30.3 Å². The monoisotopic (exact) mass is 137 g/mol. The van der Waals surface area contributed by atoms with Crippen molar-refractivity contribution >= 4 is 0 Å². The van der Waals surface area contributed by atoms with Crippen molar-refractivity contribution in [2.24, 2.45) is 0 Å². The predicted molar refractivity (Wildman–Crippen MR) is 41.7 cm³/mol. The fourth-order valence-electron chi connectivity index (χ4n) is 0.846. The van der Waals surface area contributed by atoms with Gasteiger partial charge >= 0.3 is 0 Å². The summed E-state index contributed by atoms with van der Waals surface area (Å²) in [6, 6.07) is 9.62. The molecule has 1 unspecified atom stereocenters. The Morgan fingerprint density at radius 3 is 1.90 bits per heavy atom. The second kappa shape index (κ2) is 2.43. The Morgan fingerprint density at radius 1 is 1.10 bits per heavy atom. The van der Waals surface area contributed by atoms with Crippen molar-refractivity contribution in [2.75, 3.05) is 0 Å². The summed E-state index contributed by atoms with van der Waals surface area (Å²) in [4.78, 5) is 0. The van der Waals surface area contributed by atoms with Crippen LogP contribution in [0, 0.1) is 0 Å². The van der Waals surface area contributed by atoms with Crippen LogP contribution in [0.5, 0.6) is 0 Å². The third-order valence-electron chi connectivity index (χ3n) is 1.48. The van der Waals surface area contributed by atoms with Crippen LogP contribution in [-0.4, -0.2) is 5.11 Å². The molecule has 1 aromatic carbocycles. The van der Waals surface area contributed by atoms with E-state index in [2.05, 4.69) is 0 Å². The first-order chi connectivity index (χ1) is 4.61. The number of rotatable bonds is 1. The van der Waals surface area contributed by atoms with Gasteiger partial charge in [-0.1, -0.05) is 30.3 Å². The highest BCUT2D eigenvalue weighted by Crippen LogP contribution is 2.17. The van der Waals surface area contributed by atoms with Gasteiger partial charge in [-0.05, 0) is 19.4 Å². The minimum atomic E-state index is -0.707. The Bertz CT molecular complexity index is 196. The molecule has 0 heterocycles. The van der Waals surface area contributed by atoms with Crippen molar-refractivity contribution in [2.45, 2.75) is 19.4 Å². The summed E-state index contributed by atoms with van der Waals surface area (Å²) in [6.45, 7) is 3.56. The molecular weight excluding hydrogens is 125 g/mol. The van der Waals surface area contributed by atoms with Gasteiger partial charge in [0.05, 0.1) is 5.60 Å². The van der Waals surface area contributed by atoms with Gasteiger partial charge in [-0.3, -0.25) is 0 Å². The Morgan fingerprint density at radius 2 is 1.60 bits per heavy atom. The second-order valence-corrected chi connectivity index (χ2v) is 2.93. The molecule has 0 radical (unpaired) electrons. The molecule has 0 amide bonds. The Balaban J connectivity index is 2.97. The highest BCUT2D eigenvalue weighted by atomic mass is 16.3. The lowest BCUT2D eigenvalue weighted by atomic mass is 10.0. The molecule has 1 rings (SSSR count). The smallest absolute Gasteiger partial charge is 0.0840 e. The van der Waals surface area contributed by atoms with Gasteiger partial charge < -0.3 is 5.11 Å². The SMILES string of the molecule is CC([13CH3])(O)c1ccccc1. The molecule has 0 aromatic heterocycles. The maximum atomic E-state index is 9.49. The van der Waals surface area contributed by atoms with Gasteiger partial charge in [-0.25, -0.2) is 0 Å². The molecule has 0 aliphatic rings. The molecule has 0 aliphatic heterocycles. The van der Waals surface area contributed by atoms with E-state index in [4.69, 9.17) is 0 Å². The molecule has 1 N–H and O–H groups in total. The maximum absolute atomic E-state index is 9.49. The fraction of sp³-hybridized carbons (Fsp3) is 0.333. The van der Waals surface area contributed by atoms with Crippen LogP contribution in [-0.2, 0) is 5.60 Å². The Hall–Kier alpha value is -0.820. The zero-order valence-corrected chi connectivity index (χ0v) is 6.33. The van der Waals surface area contributed by atoms with Crippen molar-refractivity contribution in [3.05, 3.63) is 35.9 Å². The van der Waals surface area contributed by atoms with Crippen LogP contribution in [0.2, 0.25) is 0 Å². The summed E-state index contributed by atoms with van der Waals surface area (Å²) in [5.41, 5.74) is 0.247. The lowest BCUT2D eigenvalue weighted by molar-refractivity contribution is 0.0786. The molecule has 0 aliphatic carbocycles. The first-order valence-corrected chi connectivity index (χ1v) is 3.38. The summed E-state index contributed by atoms with van der Waals surface area (Å²) in [7, 11) is 0. The third-order valence-corrected chi connectivity index (χ3v) is 1.48. The van der Waals surface area contributed by atoms with E-state index in [0.29, 0.717) is 0 Å². The first-order valence-electron chi connectivity index (χ1n) is 3.38. The molecular formula is C9H12O. The van der Waals surface area contributed by atoms with Crippen molar-refractivity contribution in [1.82, 2.24) is 0 Å². The van der Waals surface area contributed by atoms with Crippen LogP contribution in [0.3, 0.4) is 0 Å². The second-order valence-electron chi connectivity index (χ2n) is 2.93. The average Bonchev–Trinajstić information content (AvgIpc) is 1.88. The predicted octanol–water partition coefficient (Wildman–Crippen LogP) is 1.91. The van der Waals surface area contributed by atoms with Gasteiger partial charge in [-0.15, -0.1) is 0 Å². The van der Waals surface area contributed by atoms with Gasteiger partial charge in [0.15, 0.2) is 0 Å². The minimum Gasteiger partial charge on any atom is -0.386 e. The number of hydrogen-bond acceptors (Lipinski definition) is 1. The van der Waals surface area contributed by atoms with E-state index >= 15 is 0 Å². The van der Waals surface area contributed by atoms with E-state index in [9.17, 15) is 5.11 Å². The van der Waals surface area contributed by atoms with Gasteiger partial charge in [0.2, 0.25) is 0 Å². The third kappa shape index (κ3) is 1.58. The van der Waals surface area contributed by atoms with E-state index in [1.165, 1.54) is 0 Å². The minimum absolute atomic E-state index is 0.707. The molecule has 1 nitrogen and oxygen atoms in total. The fourth-order valence-corrected chi connectivity index (χ4v) is 0.846. The van der Waals surface area contributed by atoms with E-state index in [0.717, 1.165) is 5.56 Å². The van der Waals surface area contributed by atoms with Crippen molar-refractivity contribution in [1.29, 1.82) is 0 Å². The molecule has 0 spiro atoms. The molecule has 1 heteroatoms. The average molecular weight is 137 g/mol. The lowest BCUT2D eigenvalue weighted by Crippen LogP contribution is -2.14. The maximum Gasteiger partial charge on any atom is 0.0840 e. The van der Waals surface area contributed by atoms with Crippen LogP contribution in [0.1, 0.15) is 19.4 Å². The van der Waals surface area contributed by atoms with Crippen molar-refractivity contribution < 1.29 is 5.11 Å². The quantitative estimate of drug-likeness (QED) is 0.586. The molecule has 1 aromatic rings. The summed E-state index contributed by atoms with van der Waals surface area (Å²) >= 11 is 0. The summed E-state index contributed by atoms with van der Waals surface area (Å²) in [5.74, 6) is 0. The van der Waals surface area contributed by atoms with Crippen LogP contribution in [0.25, 0.3) is 0 Å². The van der Waals surface area contributed by atoms with E-state index in [-0.39, 0.29) is 0 Å². The summed E-state index contributed by atoms with van der Waals surface area (Å²) in [5, 5.41) is 9.49. The van der Waals surface area contributed by atoms with Gasteiger partial charge in [-0.2, -0.15) is 0 Å². The van der Waals surface area contributed by atoms with Crippen LogP contribution in [0.4, 0.5) is 0 Å². The van der Waals surface area contributed by atoms with E-state index < -0.39 is 5.60 Å². The summed E-state index contributed by atoms with van der Waals surface area (Å²) in [6.07, 6.45) is 0. The zero-order valence-electron chi connectivity index (χ0n) is 6.33. The zero-order chi connectivity index (χ0) is 7.61. The number of hydrogen-bond donors (Lipinski definition) is 1. The van der Waals surface area contributed by atoms with Crippen molar-refractivity contribution in [3.8, 4) is 0 Å². The van der Waals surface area contributed by atoms with Gasteiger partial charge in [0, 0.05) is 0 Å². The van der Waals surface area contributed by atoms with Crippen molar-refractivity contribution in [3.63, 3.8) is 0 Å². The molecule has 10 heavy (non-hydrogen) atoms. The Kier molecular flexibility index (Phi) is 1.77. The summed E-state index contributed by atoms with van der Waals surface area (Å²) < 4.78 is 0. The van der Waals surface area contributed by atoms with Crippen LogP contribution < -0.4 is 0 Å². The number of benzene rings is 1. The topological polar surface area (TPSA) is 20.2 Å². The molecule has 0 bridgehead atoms. The standard InChI is InChI=1S/C9H12O/c1-9(2,10)8-6-4-3-5-7-8/h3-7,10H,1-2H3/i1+1. The normalized spacial score (nSPS) is 16.3. The lowest BCUT2D eigenvalue weighted by Gasteiger charge is -2.16. The molecule has 0 saturated heterocycles. The first kappa shape index (κ1) is 7.29. The van der Waals surface area contributed by atoms with Crippen LogP contribution >= 0.6 is 0 Å². The Labute approximate surface area is 61.3 Å². The molecule has 1 atom stereocenters. The largest absolute Gasteiger partial charge is 0.386 e. The number of aliphatic hydroxyl groups is 1. The molecule has 0 fully saturated rings. The highest BCUT2D eigenvalue weighted by molar-refractivity contribution is 5.20. The van der Waals surface area contributed by atoms with Crippen LogP contribution in [0.15, 0.2) is 30.3 Å². The molecule has 0 saturated carbocycles.